The van der Waals surface area contributed by atoms with Gasteiger partial charge in [-0.1, -0.05) is 22.0 Å². The van der Waals surface area contributed by atoms with Crippen molar-refractivity contribution in [2.45, 2.75) is 12.5 Å². The van der Waals surface area contributed by atoms with Gasteiger partial charge in [-0.15, -0.1) is 0 Å². The Labute approximate surface area is 133 Å². The van der Waals surface area contributed by atoms with E-state index in [1.807, 2.05) is 24.3 Å². The first-order chi connectivity index (χ1) is 9.65. The van der Waals surface area contributed by atoms with Gasteiger partial charge in [0.15, 0.2) is 0 Å². The van der Waals surface area contributed by atoms with Gasteiger partial charge in [0.1, 0.15) is 11.6 Å². The van der Waals surface area contributed by atoms with Gasteiger partial charge in [-0.25, -0.2) is 4.39 Å². The Balaban J connectivity index is 1.95. The predicted octanol–water partition coefficient (Wildman–Crippen LogP) is 5.29. The van der Waals surface area contributed by atoms with Crippen LogP contribution in [-0.2, 0) is 0 Å². The van der Waals surface area contributed by atoms with Crippen LogP contribution in [0.25, 0.3) is 0 Å². The van der Waals surface area contributed by atoms with E-state index in [1.54, 1.807) is 6.07 Å². The van der Waals surface area contributed by atoms with Crippen molar-refractivity contribution in [1.29, 1.82) is 0 Å². The van der Waals surface area contributed by atoms with E-state index in [0.717, 1.165) is 26.7 Å². The van der Waals surface area contributed by atoms with Crippen LogP contribution in [0.5, 0.6) is 5.75 Å². The Kier molecular flexibility index (Phi) is 3.98. The van der Waals surface area contributed by atoms with E-state index >= 15 is 0 Å². The second kappa shape index (κ2) is 5.74. The lowest BCUT2D eigenvalue weighted by molar-refractivity contribution is 0.274. The molecule has 0 fully saturated rings. The number of fused-ring (bicyclic) bond motifs is 1. The first kappa shape index (κ1) is 13.9. The molecule has 2 aromatic carbocycles. The first-order valence-electron chi connectivity index (χ1n) is 6.28. The second-order valence-corrected chi connectivity index (χ2v) is 6.38. The number of ether oxygens (including phenoxy) is 1. The molecule has 104 valence electrons. The highest BCUT2D eigenvalue weighted by molar-refractivity contribution is 9.10. The second-order valence-electron chi connectivity index (χ2n) is 4.61. The van der Waals surface area contributed by atoms with Gasteiger partial charge in [-0.05, 0) is 46.3 Å². The third kappa shape index (κ3) is 2.69. The average Bonchev–Trinajstić information content (AvgIpc) is 2.43. The van der Waals surface area contributed by atoms with E-state index in [9.17, 15) is 4.39 Å². The molecule has 3 rings (SSSR count). The average molecular weight is 401 g/mol. The molecule has 0 saturated carbocycles. The molecule has 2 aromatic rings. The van der Waals surface area contributed by atoms with Gasteiger partial charge in [0.2, 0.25) is 0 Å². The van der Waals surface area contributed by atoms with Crippen LogP contribution in [0.4, 0.5) is 10.1 Å². The third-order valence-electron chi connectivity index (χ3n) is 3.29. The summed E-state index contributed by atoms with van der Waals surface area (Å²) >= 11 is 6.85. The van der Waals surface area contributed by atoms with Crippen molar-refractivity contribution in [2.24, 2.45) is 0 Å². The fourth-order valence-corrected chi connectivity index (χ4v) is 3.16. The monoisotopic (exact) mass is 399 g/mol. The normalized spacial score (nSPS) is 17.2. The molecule has 0 bridgehead atoms. The Hall–Kier alpha value is -1.07. The molecule has 5 heteroatoms. The SMILES string of the molecule is Fc1cccc(Br)c1NC1CCOc2ccc(Br)cc21. The van der Waals surface area contributed by atoms with Gasteiger partial charge in [0.05, 0.1) is 18.3 Å². The van der Waals surface area contributed by atoms with Crippen molar-refractivity contribution in [3.63, 3.8) is 0 Å². The van der Waals surface area contributed by atoms with Crippen LogP contribution < -0.4 is 10.1 Å². The zero-order valence-electron chi connectivity index (χ0n) is 10.5. The van der Waals surface area contributed by atoms with Gasteiger partial charge < -0.3 is 10.1 Å². The Morgan fingerprint density at radius 2 is 2.05 bits per heavy atom. The highest BCUT2D eigenvalue weighted by Gasteiger charge is 2.23. The Morgan fingerprint density at radius 3 is 2.85 bits per heavy atom. The van der Waals surface area contributed by atoms with Crippen molar-refractivity contribution < 1.29 is 9.13 Å². The minimum Gasteiger partial charge on any atom is -0.493 e. The molecule has 2 nitrogen and oxygen atoms in total. The van der Waals surface area contributed by atoms with Crippen molar-refractivity contribution in [1.82, 2.24) is 0 Å². The molecule has 20 heavy (non-hydrogen) atoms. The quantitative estimate of drug-likeness (QED) is 0.739. The molecule has 1 heterocycles. The number of hydrogen-bond donors (Lipinski definition) is 1. The maximum Gasteiger partial charge on any atom is 0.147 e. The van der Waals surface area contributed by atoms with Crippen LogP contribution in [0.1, 0.15) is 18.0 Å². The maximum atomic E-state index is 13.9. The summed E-state index contributed by atoms with van der Waals surface area (Å²) in [5.74, 6) is 0.590. The van der Waals surface area contributed by atoms with E-state index in [-0.39, 0.29) is 11.9 Å². The largest absolute Gasteiger partial charge is 0.493 e. The van der Waals surface area contributed by atoms with Gasteiger partial charge in [0.25, 0.3) is 0 Å². The van der Waals surface area contributed by atoms with E-state index in [2.05, 4.69) is 37.2 Å². The van der Waals surface area contributed by atoms with Gasteiger partial charge >= 0.3 is 0 Å². The summed E-state index contributed by atoms with van der Waals surface area (Å²) in [7, 11) is 0. The van der Waals surface area contributed by atoms with Crippen molar-refractivity contribution in [3.05, 3.63) is 56.7 Å². The molecular formula is C15H12Br2FNO. The first-order valence-corrected chi connectivity index (χ1v) is 7.86. The number of para-hydroxylation sites is 1. The van der Waals surface area contributed by atoms with Crippen molar-refractivity contribution in [2.75, 3.05) is 11.9 Å². The van der Waals surface area contributed by atoms with Crippen LogP contribution in [-0.4, -0.2) is 6.61 Å². The number of halogens is 3. The molecule has 1 N–H and O–H groups in total. The van der Waals surface area contributed by atoms with Crippen LogP contribution in [0.15, 0.2) is 45.3 Å². The fraction of sp³-hybridized carbons (Fsp3) is 0.200. The highest BCUT2D eigenvalue weighted by Crippen LogP contribution is 2.38. The lowest BCUT2D eigenvalue weighted by Gasteiger charge is -2.28. The van der Waals surface area contributed by atoms with Crippen molar-refractivity contribution in [3.8, 4) is 5.75 Å². The molecule has 0 aromatic heterocycles. The molecule has 0 radical (unpaired) electrons. The number of nitrogens with one attached hydrogen (secondary N) is 1. The van der Waals surface area contributed by atoms with E-state index in [1.165, 1.54) is 6.07 Å². The van der Waals surface area contributed by atoms with Crippen LogP contribution in [0, 0.1) is 5.82 Å². The van der Waals surface area contributed by atoms with E-state index < -0.39 is 0 Å². The smallest absolute Gasteiger partial charge is 0.147 e. The number of anilines is 1. The molecule has 0 amide bonds. The Bertz CT molecular complexity index is 628. The Morgan fingerprint density at radius 1 is 1.20 bits per heavy atom. The number of benzene rings is 2. The molecule has 1 aliphatic heterocycles. The summed E-state index contributed by atoms with van der Waals surface area (Å²) < 4.78 is 21.3. The molecule has 0 saturated heterocycles. The molecule has 1 aliphatic rings. The van der Waals surface area contributed by atoms with Gasteiger partial charge in [0, 0.05) is 20.9 Å². The summed E-state index contributed by atoms with van der Waals surface area (Å²) in [6.07, 6.45) is 0.796. The zero-order valence-corrected chi connectivity index (χ0v) is 13.7. The molecule has 0 aliphatic carbocycles. The molecular weight excluding hydrogens is 389 g/mol. The van der Waals surface area contributed by atoms with Crippen LogP contribution in [0.2, 0.25) is 0 Å². The van der Waals surface area contributed by atoms with Gasteiger partial charge in [-0.3, -0.25) is 0 Å². The lowest BCUT2D eigenvalue weighted by atomic mass is 10.0. The summed E-state index contributed by atoms with van der Waals surface area (Å²) in [6, 6.07) is 10.9. The lowest BCUT2D eigenvalue weighted by Crippen LogP contribution is -2.21. The summed E-state index contributed by atoms with van der Waals surface area (Å²) in [4.78, 5) is 0. The molecule has 0 spiro atoms. The standard InChI is InChI=1S/C15H12Br2FNO/c16-9-4-5-14-10(8-9)13(6-7-20-14)19-15-11(17)2-1-3-12(15)18/h1-5,8,13,19H,6-7H2. The summed E-state index contributed by atoms with van der Waals surface area (Å²) in [5.41, 5.74) is 1.53. The summed E-state index contributed by atoms with van der Waals surface area (Å²) in [5, 5.41) is 3.28. The van der Waals surface area contributed by atoms with Crippen LogP contribution >= 0.6 is 31.9 Å². The van der Waals surface area contributed by atoms with Gasteiger partial charge in [-0.2, -0.15) is 0 Å². The van der Waals surface area contributed by atoms with E-state index in [0.29, 0.717) is 12.3 Å². The minimum absolute atomic E-state index is 0.0319. The molecule has 1 atom stereocenters. The van der Waals surface area contributed by atoms with Crippen molar-refractivity contribution >= 4 is 37.5 Å². The zero-order chi connectivity index (χ0) is 14.1. The number of hydrogen-bond acceptors (Lipinski definition) is 2. The third-order valence-corrected chi connectivity index (χ3v) is 4.45. The summed E-state index contributed by atoms with van der Waals surface area (Å²) in [6.45, 7) is 0.623. The topological polar surface area (TPSA) is 21.3 Å². The van der Waals surface area contributed by atoms with E-state index in [4.69, 9.17) is 4.74 Å². The fourth-order valence-electron chi connectivity index (χ4n) is 2.33. The molecule has 1 unspecified atom stereocenters. The number of rotatable bonds is 2. The van der Waals surface area contributed by atoms with Crippen LogP contribution in [0.3, 0.4) is 0 Å². The maximum absolute atomic E-state index is 13.9. The highest BCUT2D eigenvalue weighted by atomic mass is 79.9. The predicted molar refractivity (Wildman–Crippen MR) is 84.7 cm³/mol. The minimum atomic E-state index is -0.262.